The molecule has 0 saturated carbocycles. The van der Waals surface area contributed by atoms with Crippen molar-refractivity contribution in [3.8, 4) is 0 Å². The van der Waals surface area contributed by atoms with E-state index >= 15 is 0 Å². The summed E-state index contributed by atoms with van der Waals surface area (Å²) < 4.78 is 0. The Balaban J connectivity index is 2.01. The average Bonchev–Trinajstić information content (AvgIpc) is 2.42. The summed E-state index contributed by atoms with van der Waals surface area (Å²) in [6, 6.07) is 8.99. The molecule has 0 aromatic heterocycles. The quantitative estimate of drug-likeness (QED) is 0.858. The van der Waals surface area contributed by atoms with Crippen LogP contribution in [0.3, 0.4) is 0 Å². The summed E-state index contributed by atoms with van der Waals surface area (Å²) in [5.74, 6) is 0. The minimum Gasteiger partial charge on any atom is -0.372 e. The highest BCUT2D eigenvalue weighted by Gasteiger charge is 2.10. The Hall–Kier alpha value is -1.06. The third-order valence-corrected chi connectivity index (χ3v) is 3.65. The monoisotopic (exact) mass is 247 g/mol. The summed E-state index contributed by atoms with van der Waals surface area (Å²) in [5.41, 5.74) is 2.79. The van der Waals surface area contributed by atoms with Crippen LogP contribution in [0.1, 0.15) is 19.4 Å². The molecule has 0 spiro atoms. The highest BCUT2D eigenvalue weighted by Crippen LogP contribution is 2.17. The Morgan fingerprint density at radius 2 is 1.89 bits per heavy atom. The van der Waals surface area contributed by atoms with Crippen molar-refractivity contribution >= 4 is 5.69 Å². The second-order valence-corrected chi connectivity index (χ2v) is 4.87. The molecule has 0 radical (unpaired) electrons. The smallest absolute Gasteiger partial charge is 0.0369 e. The molecule has 0 atom stereocenters. The lowest BCUT2D eigenvalue weighted by Crippen LogP contribution is -2.42. The number of hydrogen-bond donors (Lipinski definition) is 1. The molecule has 1 aromatic rings. The number of nitrogens with zero attached hydrogens (tertiary/aromatic N) is 2. The van der Waals surface area contributed by atoms with Crippen LogP contribution >= 0.6 is 0 Å². The van der Waals surface area contributed by atoms with E-state index in [9.17, 15) is 0 Å². The summed E-state index contributed by atoms with van der Waals surface area (Å²) in [6.07, 6.45) is 0. The number of anilines is 1. The summed E-state index contributed by atoms with van der Waals surface area (Å²) in [7, 11) is 0. The first-order chi connectivity index (χ1) is 8.83. The zero-order chi connectivity index (χ0) is 12.8. The van der Waals surface area contributed by atoms with Crippen LogP contribution in [0.25, 0.3) is 0 Å². The number of nitrogens with one attached hydrogen (secondary N) is 1. The lowest BCUT2D eigenvalue weighted by atomic mass is 10.1. The maximum Gasteiger partial charge on any atom is 0.0369 e. The topological polar surface area (TPSA) is 18.5 Å². The van der Waals surface area contributed by atoms with Crippen LogP contribution in [-0.4, -0.2) is 44.2 Å². The standard InChI is InChI=1S/C15H25N3/c1-3-18(4-2)15-7-5-6-14(12-15)13-17-10-8-16-9-11-17/h5-7,12,16H,3-4,8-11,13H2,1-2H3. The van der Waals surface area contributed by atoms with Crippen molar-refractivity contribution in [2.45, 2.75) is 20.4 Å². The van der Waals surface area contributed by atoms with Gasteiger partial charge in [-0.05, 0) is 31.5 Å². The first kappa shape index (κ1) is 13.4. The fraction of sp³-hybridized carbons (Fsp3) is 0.600. The van der Waals surface area contributed by atoms with Crippen molar-refractivity contribution in [3.63, 3.8) is 0 Å². The van der Waals surface area contributed by atoms with Gasteiger partial charge in [0.25, 0.3) is 0 Å². The molecule has 0 amide bonds. The van der Waals surface area contributed by atoms with Gasteiger partial charge < -0.3 is 10.2 Å². The van der Waals surface area contributed by atoms with E-state index in [1.54, 1.807) is 0 Å². The highest BCUT2D eigenvalue weighted by atomic mass is 15.2. The lowest BCUT2D eigenvalue weighted by Gasteiger charge is -2.28. The lowest BCUT2D eigenvalue weighted by molar-refractivity contribution is 0.233. The molecule has 1 saturated heterocycles. The van der Waals surface area contributed by atoms with Crippen molar-refractivity contribution in [3.05, 3.63) is 29.8 Å². The van der Waals surface area contributed by atoms with Gasteiger partial charge in [-0.25, -0.2) is 0 Å². The zero-order valence-electron chi connectivity index (χ0n) is 11.7. The van der Waals surface area contributed by atoms with Gasteiger partial charge in [-0.3, -0.25) is 4.90 Å². The number of benzene rings is 1. The minimum atomic E-state index is 1.08. The van der Waals surface area contributed by atoms with Gasteiger partial charge in [-0.1, -0.05) is 12.1 Å². The van der Waals surface area contributed by atoms with Crippen LogP contribution in [0.2, 0.25) is 0 Å². The predicted molar refractivity (Wildman–Crippen MR) is 78.1 cm³/mol. The third kappa shape index (κ3) is 3.47. The largest absolute Gasteiger partial charge is 0.372 e. The van der Waals surface area contributed by atoms with Gasteiger partial charge in [0.2, 0.25) is 0 Å². The molecular weight excluding hydrogens is 222 g/mol. The third-order valence-electron chi connectivity index (χ3n) is 3.65. The normalized spacial score (nSPS) is 16.8. The van der Waals surface area contributed by atoms with Crippen molar-refractivity contribution in [1.82, 2.24) is 10.2 Å². The van der Waals surface area contributed by atoms with E-state index in [1.807, 2.05) is 0 Å². The Morgan fingerprint density at radius 1 is 1.17 bits per heavy atom. The summed E-state index contributed by atoms with van der Waals surface area (Å²) >= 11 is 0. The molecule has 1 aromatic carbocycles. The molecule has 3 heteroatoms. The molecular formula is C15H25N3. The van der Waals surface area contributed by atoms with Gasteiger partial charge in [-0.2, -0.15) is 0 Å². The molecule has 0 aliphatic carbocycles. The van der Waals surface area contributed by atoms with E-state index in [2.05, 4.69) is 53.2 Å². The Bertz CT molecular complexity index is 355. The molecule has 1 aliphatic rings. The van der Waals surface area contributed by atoms with Crippen molar-refractivity contribution in [2.75, 3.05) is 44.2 Å². The summed E-state index contributed by atoms with van der Waals surface area (Å²) in [4.78, 5) is 4.93. The van der Waals surface area contributed by atoms with Crippen LogP contribution < -0.4 is 10.2 Å². The van der Waals surface area contributed by atoms with Crippen LogP contribution in [0, 0.1) is 0 Å². The molecule has 1 aliphatic heterocycles. The molecule has 100 valence electrons. The molecule has 3 nitrogen and oxygen atoms in total. The first-order valence-electron chi connectivity index (χ1n) is 7.10. The van der Waals surface area contributed by atoms with Crippen LogP contribution in [-0.2, 0) is 6.54 Å². The Morgan fingerprint density at radius 3 is 2.56 bits per heavy atom. The predicted octanol–water partition coefficient (Wildman–Crippen LogP) is 1.94. The molecule has 1 heterocycles. The number of piperazine rings is 1. The maximum absolute atomic E-state index is 3.40. The number of hydrogen-bond acceptors (Lipinski definition) is 3. The molecule has 1 fully saturated rings. The molecule has 0 unspecified atom stereocenters. The summed E-state index contributed by atoms with van der Waals surface area (Å²) in [5, 5.41) is 3.40. The molecule has 0 bridgehead atoms. The number of rotatable bonds is 5. The van der Waals surface area contributed by atoms with Gasteiger partial charge in [0, 0.05) is 51.5 Å². The average molecular weight is 247 g/mol. The zero-order valence-corrected chi connectivity index (χ0v) is 11.7. The van der Waals surface area contributed by atoms with Gasteiger partial charge in [0.15, 0.2) is 0 Å². The van der Waals surface area contributed by atoms with Crippen molar-refractivity contribution in [2.24, 2.45) is 0 Å². The fourth-order valence-corrected chi connectivity index (χ4v) is 2.57. The Kier molecular flexibility index (Phi) is 5.02. The van der Waals surface area contributed by atoms with E-state index < -0.39 is 0 Å². The van der Waals surface area contributed by atoms with E-state index in [4.69, 9.17) is 0 Å². The fourth-order valence-electron chi connectivity index (χ4n) is 2.57. The molecule has 18 heavy (non-hydrogen) atoms. The van der Waals surface area contributed by atoms with Crippen LogP contribution in [0.4, 0.5) is 5.69 Å². The van der Waals surface area contributed by atoms with E-state index in [0.29, 0.717) is 0 Å². The van der Waals surface area contributed by atoms with Crippen molar-refractivity contribution < 1.29 is 0 Å². The van der Waals surface area contributed by atoms with Gasteiger partial charge in [0.05, 0.1) is 0 Å². The van der Waals surface area contributed by atoms with E-state index in [-0.39, 0.29) is 0 Å². The second kappa shape index (κ2) is 6.76. The van der Waals surface area contributed by atoms with Gasteiger partial charge in [0.1, 0.15) is 0 Å². The molecule has 1 N–H and O–H groups in total. The van der Waals surface area contributed by atoms with Crippen molar-refractivity contribution in [1.29, 1.82) is 0 Å². The Labute approximate surface area is 111 Å². The van der Waals surface area contributed by atoms with Crippen LogP contribution in [0.5, 0.6) is 0 Å². The van der Waals surface area contributed by atoms with E-state index in [0.717, 1.165) is 45.8 Å². The highest BCUT2D eigenvalue weighted by molar-refractivity contribution is 5.48. The van der Waals surface area contributed by atoms with Gasteiger partial charge in [-0.15, -0.1) is 0 Å². The minimum absolute atomic E-state index is 1.08. The maximum atomic E-state index is 3.40. The second-order valence-electron chi connectivity index (χ2n) is 4.87. The SMILES string of the molecule is CCN(CC)c1cccc(CN2CCNCC2)c1. The first-order valence-corrected chi connectivity index (χ1v) is 7.10. The van der Waals surface area contributed by atoms with Crippen LogP contribution in [0.15, 0.2) is 24.3 Å². The van der Waals surface area contributed by atoms with E-state index in [1.165, 1.54) is 11.3 Å². The molecule has 2 rings (SSSR count). The summed E-state index contributed by atoms with van der Waals surface area (Å²) in [6.45, 7) is 12.2. The van der Waals surface area contributed by atoms with Gasteiger partial charge >= 0.3 is 0 Å².